The second kappa shape index (κ2) is 3.34. The standard InChI is InChI=1S/C14H12O2/c1-9-8-11-7-6-10-4-2-3-5-12(10)13(11)16-14(9)15/h2-5,8H,6-7H2,1H3. The predicted octanol–water partition coefficient (Wildman–Crippen LogP) is 2.71. The van der Waals surface area contributed by atoms with Crippen LogP contribution in [0.1, 0.15) is 16.7 Å². The van der Waals surface area contributed by atoms with E-state index in [0.29, 0.717) is 5.56 Å². The normalized spacial score (nSPS) is 13.1. The lowest BCUT2D eigenvalue weighted by Crippen LogP contribution is -2.11. The molecule has 1 heterocycles. The Bertz CT molecular complexity index is 608. The number of fused-ring (bicyclic) bond motifs is 3. The molecular formula is C14H12O2. The summed E-state index contributed by atoms with van der Waals surface area (Å²) < 4.78 is 5.40. The van der Waals surface area contributed by atoms with Gasteiger partial charge in [0.1, 0.15) is 5.76 Å². The van der Waals surface area contributed by atoms with E-state index in [0.717, 1.165) is 29.7 Å². The molecule has 0 saturated heterocycles. The summed E-state index contributed by atoms with van der Waals surface area (Å²) in [6, 6.07) is 10.1. The monoisotopic (exact) mass is 212 g/mol. The lowest BCUT2D eigenvalue weighted by Gasteiger charge is -2.17. The summed E-state index contributed by atoms with van der Waals surface area (Å²) in [4.78, 5) is 11.5. The van der Waals surface area contributed by atoms with Gasteiger partial charge in [0.15, 0.2) is 0 Å². The molecule has 0 N–H and O–H groups in total. The van der Waals surface area contributed by atoms with Gasteiger partial charge in [0.25, 0.3) is 0 Å². The topological polar surface area (TPSA) is 30.2 Å². The SMILES string of the molecule is Cc1cc2c(oc1=O)-c1ccccc1CC2. The van der Waals surface area contributed by atoms with Crippen molar-refractivity contribution in [3.63, 3.8) is 0 Å². The predicted molar refractivity (Wildman–Crippen MR) is 62.6 cm³/mol. The summed E-state index contributed by atoms with van der Waals surface area (Å²) in [6.45, 7) is 1.80. The molecule has 0 atom stereocenters. The van der Waals surface area contributed by atoms with Gasteiger partial charge in [0.2, 0.25) is 0 Å². The fourth-order valence-corrected chi connectivity index (χ4v) is 2.27. The number of hydrogen-bond donors (Lipinski definition) is 0. The second-order valence-corrected chi connectivity index (χ2v) is 4.23. The molecule has 1 aliphatic carbocycles. The molecule has 0 fully saturated rings. The van der Waals surface area contributed by atoms with Crippen molar-refractivity contribution >= 4 is 0 Å². The molecule has 16 heavy (non-hydrogen) atoms. The van der Waals surface area contributed by atoms with Crippen LogP contribution in [0.3, 0.4) is 0 Å². The minimum atomic E-state index is -0.226. The average Bonchev–Trinajstić information content (AvgIpc) is 2.31. The summed E-state index contributed by atoms with van der Waals surface area (Å²) in [5, 5.41) is 0. The third-order valence-corrected chi connectivity index (χ3v) is 3.12. The lowest BCUT2D eigenvalue weighted by molar-refractivity contribution is 0.510. The molecule has 1 aliphatic rings. The van der Waals surface area contributed by atoms with Gasteiger partial charge in [-0.25, -0.2) is 4.79 Å². The minimum absolute atomic E-state index is 0.226. The van der Waals surface area contributed by atoms with Crippen molar-refractivity contribution in [3.8, 4) is 11.3 Å². The fraction of sp³-hybridized carbons (Fsp3) is 0.214. The van der Waals surface area contributed by atoms with E-state index in [1.165, 1.54) is 5.56 Å². The average molecular weight is 212 g/mol. The van der Waals surface area contributed by atoms with Gasteiger partial charge in [-0.3, -0.25) is 0 Å². The Balaban J connectivity index is 2.32. The van der Waals surface area contributed by atoms with Crippen LogP contribution in [0.15, 0.2) is 39.5 Å². The van der Waals surface area contributed by atoms with Crippen LogP contribution in [0.4, 0.5) is 0 Å². The van der Waals surface area contributed by atoms with Crippen molar-refractivity contribution in [2.75, 3.05) is 0 Å². The van der Waals surface area contributed by atoms with E-state index < -0.39 is 0 Å². The van der Waals surface area contributed by atoms with Crippen molar-refractivity contribution < 1.29 is 4.42 Å². The second-order valence-electron chi connectivity index (χ2n) is 4.23. The molecule has 0 unspecified atom stereocenters. The zero-order valence-electron chi connectivity index (χ0n) is 9.12. The molecule has 3 rings (SSSR count). The van der Waals surface area contributed by atoms with Gasteiger partial charge >= 0.3 is 5.63 Å². The van der Waals surface area contributed by atoms with E-state index in [2.05, 4.69) is 6.07 Å². The molecule has 2 nitrogen and oxygen atoms in total. The van der Waals surface area contributed by atoms with Crippen LogP contribution < -0.4 is 5.63 Å². The smallest absolute Gasteiger partial charge is 0.339 e. The highest BCUT2D eigenvalue weighted by Crippen LogP contribution is 2.32. The summed E-state index contributed by atoms with van der Waals surface area (Å²) in [5.41, 5.74) is 3.95. The van der Waals surface area contributed by atoms with E-state index in [1.54, 1.807) is 6.92 Å². The number of aryl methyl sites for hydroxylation is 3. The van der Waals surface area contributed by atoms with Gasteiger partial charge in [-0.05, 0) is 37.0 Å². The van der Waals surface area contributed by atoms with Crippen molar-refractivity contribution in [2.45, 2.75) is 19.8 Å². The Kier molecular flexibility index (Phi) is 1.96. The maximum atomic E-state index is 11.5. The van der Waals surface area contributed by atoms with Crippen LogP contribution in [0.5, 0.6) is 0 Å². The molecule has 0 bridgehead atoms. The van der Waals surface area contributed by atoms with E-state index in [4.69, 9.17) is 4.42 Å². The van der Waals surface area contributed by atoms with Crippen LogP contribution >= 0.6 is 0 Å². The highest BCUT2D eigenvalue weighted by atomic mass is 16.4. The van der Waals surface area contributed by atoms with Crippen LogP contribution in [0, 0.1) is 6.92 Å². The number of hydrogen-bond acceptors (Lipinski definition) is 2. The number of benzene rings is 1. The van der Waals surface area contributed by atoms with Crippen LogP contribution in [-0.4, -0.2) is 0 Å². The zero-order valence-corrected chi connectivity index (χ0v) is 9.12. The van der Waals surface area contributed by atoms with Crippen LogP contribution in [-0.2, 0) is 12.8 Å². The van der Waals surface area contributed by atoms with Crippen molar-refractivity contribution in [1.29, 1.82) is 0 Å². The summed E-state index contributed by atoms with van der Waals surface area (Å²) >= 11 is 0. The van der Waals surface area contributed by atoms with Gasteiger partial charge in [-0.1, -0.05) is 24.3 Å². The Morgan fingerprint density at radius 2 is 1.88 bits per heavy atom. The van der Waals surface area contributed by atoms with Gasteiger partial charge in [-0.15, -0.1) is 0 Å². The van der Waals surface area contributed by atoms with Gasteiger partial charge < -0.3 is 4.42 Å². The molecule has 0 saturated carbocycles. The lowest BCUT2D eigenvalue weighted by atomic mass is 9.90. The highest BCUT2D eigenvalue weighted by molar-refractivity contribution is 5.67. The molecule has 80 valence electrons. The maximum absolute atomic E-state index is 11.5. The summed E-state index contributed by atoms with van der Waals surface area (Å²) in [5.74, 6) is 0.762. The van der Waals surface area contributed by atoms with Crippen LogP contribution in [0.2, 0.25) is 0 Å². The maximum Gasteiger partial charge on any atom is 0.339 e. The first-order valence-electron chi connectivity index (χ1n) is 5.47. The molecule has 1 aromatic carbocycles. The van der Waals surface area contributed by atoms with Crippen molar-refractivity contribution in [3.05, 3.63) is 57.4 Å². The first-order chi connectivity index (χ1) is 7.75. The molecule has 0 radical (unpaired) electrons. The third kappa shape index (κ3) is 1.30. The quantitative estimate of drug-likeness (QED) is 0.672. The van der Waals surface area contributed by atoms with Gasteiger partial charge in [-0.2, -0.15) is 0 Å². The Hall–Kier alpha value is -1.83. The first-order valence-corrected chi connectivity index (χ1v) is 5.47. The molecule has 0 aliphatic heterocycles. The first kappa shape index (κ1) is 9.40. The molecule has 0 spiro atoms. The highest BCUT2D eigenvalue weighted by Gasteiger charge is 2.18. The Morgan fingerprint density at radius 1 is 1.12 bits per heavy atom. The summed E-state index contributed by atoms with van der Waals surface area (Å²) in [6.07, 6.45) is 1.98. The molecule has 2 aromatic rings. The fourth-order valence-electron chi connectivity index (χ4n) is 2.27. The van der Waals surface area contributed by atoms with Crippen molar-refractivity contribution in [2.24, 2.45) is 0 Å². The van der Waals surface area contributed by atoms with E-state index in [-0.39, 0.29) is 5.63 Å². The van der Waals surface area contributed by atoms with Crippen molar-refractivity contribution in [1.82, 2.24) is 0 Å². The molecular weight excluding hydrogens is 200 g/mol. The Labute approximate surface area is 93.5 Å². The van der Waals surface area contributed by atoms with E-state index >= 15 is 0 Å². The van der Waals surface area contributed by atoms with Crippen LogP contribution in [0.25, 0.3) is 11.3 Å². The Morgan fingerprint density at radius 3 is 2.75 bits per heavy atom. The largest absolute Gasteiger partial charge is 0.422 e. The zero-order chi connectivity index (χ0) is 11.1. The molecule has 1 aromatic heterocycles. The summed E-state index contributed by atoms with van der Waals surface area (Å²) in [7, 11) is 0. The van der Waals surface area contributed by atoms with Gasteiger partial charge in [0, 0.05) is 11.1 Å². The van der Waals surface area contributed by atoms with Gasteiger partial charge in [0.05, 0.1) is 0 Å². The van der Waals surface area contributed by atoms with E-state index in [1.807, 2.05) is 24.3 Å². The molecule has 0 amide bonds. The molecule has 2 heteroatoms. The van der Waals surface area contributed by atoms with E-state index in [9.17, 15) is 4.79 Å². The minimum Gasteiger partial charge on any atom is -0.422 e. The number of rotatable bonds is 0. The third-order valence-electron chi connectivity index (χ3n) is 3.12.